The molecule has 226 valence electrons. The van der Waals surface area contributed by atoms with Gasteiger partial charge in [-0.05, 0) is 52.4 Å². The van der Waals surface area contributed by atoms with Crippen molar-refractivity contribution in [2.75, 3.05) is 20.3 Å². The normalized spacial score (nSPS) is 17.9. The van der Waals surface area contributed by atoms with E-state index in [1.807, 2.05) is 28.7 Å². The number of carbonyl (C=O) groups is 3. The molecule has 3 unspecified atom stereocenters. The van der Waals surface area contributed by atoms with Crippen molar-refractivity contribution < 1.29 is 38.5 Å². The number of benzene rings is 3. The summed E-state index contributed by atoms with van der Waals surface area (Å²) in [5.74, 6) is -0.910. The average molecular weight is 703 g/mol. The zero-order valence-corrected chi connectivity index (χ0v) is 25.6. The number of rotatable bonds is 12. The third kappa shape index (κ3) is 7.98. The number of carbonyl (C=O) groups excluding carboxylic acids is 3. The lowest BCUT2D eigenvalue weighted by Crippen LogP contribution is -2.55. The quantitative estimate of drug-likeness (QED) is 0.195. The molecule has 3 atom stereocenters. The molecule has 43 heavy (non-hydrogen) atoms. The average Bonchev–Trinajstić information content (AvgIpc) is 3.01. The fourth-order valence-electron chi connectivity index (χ4n) is 4.91. The largest absolute Gasteiger partial charge is 0.493 e. The highest BCUT2D eigenvalue weighted by molar-refractivity contribution is 14.1. The molecule has 9 nitrogen and oxygen atoms in total. The summed E-state index contributed by atoms with van der Waals surface area (Å²) in [4.78, 5) is 39.8. The summed E-state index contributed by atoms with van der Waals surface area (Å²) >= 11 is 1.98. The van der Waals surface area contributed by atoms with Gasteiger partial charge in [-0.2, -0.15) is 0 Å². The smallest absolute Gasteiger partial charge is 0.247 e. The van der Waals surface area contributed by atoms with E-state index in [0.717, 1.165) is 5.56 Å². The van der Waals surface area contributed by atoms with Crippen LogP contribution in [0.25, 0.3) is 0 Å². The molecule has 0 aliphatic heterocycles. The Balaban J connectivity index is 1.75. The molecule has 0 heterocycles. The van der Waals surface area contributed by atoms with Crippen LogP contribution < -0.4 is 14.8 Å². The zero-order chi connectivity index (χ0) is 30.9. The fourth-order valence-corrected chi connectivity index (χ4v) is 5.66. The second-order valence-electron chi connectivity index (χ2n) is 9.94. The van der Waals surface area contributed by atoms with E-state index in [2.05, 4.69) is 5.32 Å². The Labute approximate surface area is 262 Å². The Morgan fingerprint density at radius 3 is 2.53 bits per heavy atom. The molecular formula is C32H32FIN2O7. The van der Waals surface area contributed by atoms with Gasteiger partial charge in [-0.25, -0.2) is 4.39 Å². The van der Waals surface area contributed by atoms with E-state index < -0.39 is 30.0 Å². The first-order chi connectivity index (χ1) is 20.7. The van der Waals surface area contributed by atoms with Gasteiger partial charge < -0.3 is 29.9 Å². The van der Waals surface area contributed by atoms with Crippen molar-refractivity contribution in [3.8, 4) is 11.5 Å². The van der Waals surface area contributed by atoms with Crippen LogP contribution in [0.5, 0.6) is 11.5 Å². The lowest BCUT2D eigenvalue weighted by molar-refractivity contribution is -0.138. The Kier molecular flexibility index (Phi) is 11.3. The van der Waals surface area contributed by atoms with Gasteiger partial charge in [-0.1, -0.05) is 48.5 Å². The highest BCUT2D eigenvalue weighted by Gasteiger charge is 2.41. The first kappa shape index (κ1) is 32.1. The van der Waals surface area contributed by atoms with Gasteiger partial charge in [0.25, 0.3) is 0 Å². The van der Waals surface area contributed by atoms with Gasteiger partial charge in [-0.3, -0.25) is 14.4 Å². The molecule has 0 fully saturated rings. The van der Waals surface area contributed by atoms with Crippen molar-refractivity contribution >= 4 is 40.7 Å². The van der Waals surface area contributed by atoms with Gasteiger partial charge in [-0.15, -0.1) is 0 Å². The maximum Gasteiger partial charge on any atom is 0.247 e. The molecule has 3 N–H and O–H groups in total. The minimum Gasteiger partial charge on any atom is -0.493 e. The molecule has 0 aromatic heterocycles. The van der Waals surface area contributed by atoms with E-state index in [4.69, 9.17) is 9.47 Å². The summed E-state index contributed by atoms with van der Waals surface area (Å²) in [6, 6.07) is 17.2. The molecular weight excluding hydrogens is 670 g/mol. The number of halogens is 2. The van der Waals surface area contributed by atoms with Crippen molar-refractivity contribution in [1.82, 2.24) is 10.2 Å². The van der Waals surface area contributed by atoms with Crippen molar-refractivity contribution in [2.45, 2.75) is 37.6 Å². The summed E-state index contributed by atoms with van der Waals surface area (Å²) in [6.45, 7) is -0.439. The summed E-state index contributed by atoms with van der Waals surface area (Å²) in [5, 5.41) is 23.6. The third-order valence-corrected chi connectivity index (χ3v) is 7.87. The lowest BCUT2D eigenvalue weighted by atomic mass is 9.87. The molecule has 1 aliphatic rings. The third-order valence-electron chi connectivity index (χ3n) is 7.07. The molecule has 3 aromatic rings. The van der Waals surface area contributed by atoms with Gasteiger partial charge in [0.2, 0.25) is 11.8 Å². The molecule has 0 saturated carbocycles. The summed E-state index contributed by atoms with van der Waals surface area (Å²) < 4.78 is 27.0. The summed E-state index contributed by atoms with van der Waals surface area (Å²) in [7, 11) is 1.41. The van der Waals surface area contributed by atoms with Crippen molar-refractivity contribution in [1.29, 1.82) is 0 Å². The highest BCUT2D eigenvalue weighted by atomic mass is 127. The predicted molar refractivity (Wildman–Crippen MR) is 165 cm³/mol. The lowest BCUT2D eigenvalue weighted by Gasteiger charge is -2.41. The topological polar surface area (TPSA) is 125 Å². The Bertz CT molecular complexity index is 1480. The van der Waals surface area contributed by atoms with Crippen LogP contribution in [0, 0.1) is 9.39 Å². The zero-order valence-electron chi connectivity index (χ0n) is 23.4. The van der Waals surface area contributed by atoms with Crippen LogP contribution >= 0.6 is 22.6 Å². The molecule has 0 saturated heterocycles. The number of methoxy groups -OCH3 is 1. The minimum absolute atomic E-state index is 0.000323. The van der Waals surface area contributed by atoms with Crippen LogP contribution in [-0.2, 0) is 22.6 Å². The van der Waals surface area contributed by atoms with Crippen LogP contribution in [0.4, 0.5) is 4.39 Å². The number of hydrogen-bond donors (Lipinski definition) is 3. The van der Waals surface area contributed by atoms with Crippen LogP contribution in [0.15, 0.2) is 78.4 Å². The standard InChI is InChI=1S/C32H32FIN2O7/c1-42-28-14-21(19-38)13-25(34)31(28)43-27-17-23(32(41)35-11-12-37)16-26(30(27)40)36(18-22-9-5-6-10-24(22)33)29(39)15-20-7-3-2-4-8-20/h2-10,13-14,17,19,26-27,30,37,40H,11-12,15-16,18H2,1H3,(H,35,41). The Morgan fingerprint density at radius 1 is 1.14 bits per heavy atom. The maximum atomic E-state index is 14.8. The monoisotopic (exact) mass is 702 g/mol. The molecule has 3 aromatic carbocycles. The van der Waals surface area contributed by atoms with Crippen molar-refractivity contribution in [3.05, 3.63) is 104 Å². The van der Waals surface area contributed by atoms with E-state index >= 15 is 0 Å². The highest BCUT2D eigenvalue weighted by Crippen LogP contribution is 2.37. The van der Waals surface area contributed by atoms with Crippen LogP contribution in [-0.4, -0.2) is 71.7 Å². The molecule has 4 rings (SSSR count). The Hall–Kier alpha value is -3.81. The molecule has 2 amide bonds. The molecule has 0 bridgehead atoms. The summed E-state index contributed by atoms with van der Waals surface area (Å²) in [6.07, 6.45) is -0.398. The van der Waals surface area contributed by atoms with Gasteiger partial charge in [0.15, 0.2) is 11.5 Å². The maximum absolute atomic E-state index is 14.8. The number of nitrogens with one attached hydrogen (secondary N) is 1. The number of ether oxygens (including phenoxy) is 2. The van der Waals surface area contributed by atoms with Gasteiger partial charge in [0.1, 0.15) is 24.3 Å². The van der Waals surface area contributed by atoms with Crippen molar-refractivity contribution in [2.24, 2.45) is 0 Å². The minimum atomic E-state index is -1.34. The van der Waals surface area contributed by atoms with Crippen LogP contribution in [0.3, 0.4) is 0 Å². The number of aliphatic hydroxyl groups excluding tert-OH is 2. The van der Waals surface area contributed by atoms with Gasteiger partial charge in [0, 0.05) is 36.2 Å². The number of aliphatic hydroxyl groups is 2. The molecule has 11 heteroatoms. The number of amides is 2. The first-order valence-electron chi connectivity index (χ1n) is 13.6. The van der Waals surface area contributed by atoms with Crippen LogP contribution in [0.2, 0.25) is 0 Å². The number of nitrogens with zero attached hydrogens (tertiary/aromatic N) is 1. The first-order valence-corrected chi connectivity index (χ1v) is 14.7. The second kappa shape index (κ2) is 15.1. The fraction of sp³-hybridized carbons (Fsp3) is 0.281. The number of aldehydes is 1. The van der Waals surface area contributed by atoms with Crippen molar-refractivity contribution in [3.63, 3.8) is 0 Å². The Morgan fingerprint density at radius 2 is 1.86 bits per heavy atom. The summed E-state index contributed by atoms with van der Waals surface area (Å²) in [5.41, 5.74) is 1.56. The van der Waals surface area contributed by atoms with Gasteiger partial charge >= 0.3 is 0 Å². The number of hydrogen-bond acceptors (Lipinski definition) is 7. The molecule has 1 aliphatic carbocycles. The van der Waals surface area contributed by atoms with E-state index in [-0.39, 0.29) is 61.1 Å². The molecule has 0 radical (unpaired) electrons. The van der Waals surface area contributed by atoms with E-state index in [0.29, 0.717) is 15.4 Å². The van der Waals surface area contributed by atoms with E-state index in [1.54, 1.807) is 48.5 Å². The van der Waals surface area contributed by atoms with Gasteiger partial charge in [0.05, 0.1) is 29.7 Å². The predicted octanol–water partition coefficient (Wildman–Crippen LogP) is 3.44. The van der Waals surface area contributed by atoms with E-state index in [1.165, 1.54) is 30.2 Å². The second-order valence-corrected chi connectivity index (χ2v) is 11.1. The molecule has 0 spiro atoms. The SMILES string of the molecule is COc1cc(C=O)cc(I)c1OC1C=C(C(=O)NCCO)CC(N(Cc2ccccc2F)C(=O)Cc2ccccc2)C1O. The van der Waals surface area contributed by atoms with Crippen LogP contribution in [0.1, 0.15) is 27.9 Å². The van der Waals surface area contributed by atoms with E-state index in [9.17, 15) is 29.0 Å².